The van der Waals surface area contributed by atoms with Crippen LogP contribution in [0, 0.1) is 11.7 Å². The molecule has 2 aromatic heterocycles. The van der Waals surface area contributed by atoms with E-state index in [2.05, 4.69) is 20.0 Å². The van der Waals surface area contributed by atoms with Crippen molar-refractivity contribution >= 4 is 26.8 Å². The molecular weight excluding hydrogens is 515 g/mol. The Morgan fingerprint density at radius 2 is 1.77 bits per heavy atom. The number of halogens is 1. The number of para-hydroxylation sites is 1. The Hall–Kier alpha value is -3.56. The summed E-state index contributed by atoms with van der Waals surface area (Å²) in [6.45, 7) is 1.55. The number of sulfonamides is 1. The first-order valence-corrected chi connectivity index (χ1v) is 14.8. The number of carbonyl (C=O) groups excluding carboxylic acids is 1. The molecule has 3 N–H and O–H groups in total. The summed E-state index contributed by atoms with van der Waals surface area (Å²) in [5, 5.41) is 4.04. The number of amides is 1. The monoisotopic (exact) mass is 548 g/mol. The largest absolute Gasteiger partial charge is 0.361 e. The molecule has 1 amide bonds. The van der Waals surface area contributed by atoms with Crippen LogP contribution in [0.5, 0.6) is 0 Å². The van der Waals surface area contributed by atoms with Gasteiger partial charge in [-0.3, -0.25) is 9.78 Å². The van der Waals surface area contributed by atoms with Gasteiger partial charge in [0.1, 0.15) is 16.3 Å². The molecular formula is C30H33FN4O3S. The highest BCUT2D eigenvalue weighted by Gasteiger charge is 2.41. The van der Waals surface area contributed by atoms with Crippen LogP contribution in [0.3, 0.4) is 0 Å². The van der Waals surface area contributed by atoms with E-state index in [-0.39, 0.29) is 18.4 Å². The van der Waals surface area contributed by atoms with Crippen LogP contribution in [0.15, 0.2) is 84.0 Å². The maximum absolute atomic E-state index is 14.6. The van der Waals surface area contributed by atoms with Gasteiger partial charge in [0.2, 0.25) is 15.9 Å². The number of aromatic amines is 1. The first kappa shape index (κ1) is 27.0. The summed E-state index contributed by atoms with van der Waals surface area (Å²) >= 11 is 0. The standard InChI is InChI=1S/C30H33FN4O3S/c1-30(19-22-20-33-25-15-7-5-13-23(22)25,35-39(37,38)27-17-8-6-14-24(27)31)29(36)34-28(21-11-3-2-4-12-21)26-16-9-10-18-32-26/h5-10,13-18,20-21,28,33,35H,2-4,11-12,19H2,1H3,(H,34,36). The van der Waals surface area contributed by atoms with Crippen LogP contribution in [0.1, 0.15) is 56.3 Å². The van der Waals surface area contributed by atoms with Crippen LogP contribution in [0.25, 0.3) is 10.9 Å². The van der Waals surface area contributed by atoms with Crippen molar-refractivity contribution in [2.45, 2.75) is 61.9 Å². The van der Waals surface area contributed by atoms with Crippen LogP contribution >= 0.6 is 0 Å². The van der Waals surface area contributed by atoms with E-state index in [1.54, 1.807) is 19.3 Å². The molecule has 1 aliphatic rings. The summed E-state index contributed by atoms with van der Waals surface area (Å²) in [5.74, 6) is -1.19. The normalized spacial score (nSPS) is 17.0. The molecule has 1 aliphatic carbocycles. The Bertz CT molecular complexity index is 1550. The van der Waals surface area contributed by atoms with Crippen molar-refractivity contribution in [3.8, 4) is 0 Å². The fourth-order valence-electron chi connectivity index (χ4n) is 5.60. The Morgan fingerprint density at radius 1 is 1.05 bits per heavy atom. The molecule has 4 aromatic rings. The molecule has 2 unspecified atom stereocenters. The summed E-state index contributed by atoms with van der Waals surface area (Å²) in [5.41, 5.74) is 0.754. The van der Waals surface area contributed by atoms with E-state index in [1.807, 2.05) is 42.5 Å². The average Bonchev–Trinajstić information content (AvgIpc) is 3.34. The van der Waals surface area contributed by atoms with E-state index in [1.165, 1.54) is 18.2 Å². The molecule has 0 bridgehead atoms. The Kier molecular flexibility index (Phi) is 7.81. The lowest BCUT2D eigenvalue weighted by Gasteiger charge is -2.35. The zero-order valence-electron chi connectivity index (χ0n) is 21.9. The van der Waals surface area contributed by atoms with E-state index < -0.39 is 32.2 Å². The molecule has 5 rings (SSSR count). The molecule has 204 valence electrons. The number of benzene rings is 2. The van der Waals surface area contributed by atoms with Crippen LogP contribution in [0.2, 0.25) is 0 Å². The van der Waals surface area contributed by atoms with Crippen molar-refractivity contribution < 1.29 is 17.6 Å². The molecule has 0 radical (unpaired) electrons. The second-order valence-corrected chi connectivity index (χ2v) is 12.2. The molecule has 2 heterocycles. The fraction of sp³-hybridized carbons (Fsp3) is 0.333. The van der Waals surface area contributed by atoms with E-state index in [4.69, 9.17) is 0 Å². The molecule has 7 nitrogen and oxygen atoms in total. The van der Waals surface area contributed by atoms with Gasteiger partial charge in [-0.05, 0) is 61.6 Å². The Labute approximate surface area is 228 Å². The van der Waals surface area contributed by atoms with Gasteiger partial charge in [0.15, 0.2) is 0 Å². The van der Waals surface area contributed by atoms with Crippen LogP contribution < -0.4 is 10.0 Å². The zero-order chi connectivity index (χ0) is 27.5. The molecule has 1 fully saturated rings. The fourth-order valence-corrected chi connectivity index (χ4v) is 7.05. The van der Waals surface area contributed by atoms with Crippen molar-refractivity contribution in [3.63, 3.8) is 0 Å². The number of hydrogen-bond acceptors (Lipinski definition) is 4. The van der Waals surface area contributed by atoms with E-state index in [0.717, 1.165) is 60.3 Å². The van der Waals surface area contributed by atoms with Crippen LogP contribution in [-0.2, 0) is 21.2 Å². The molecule has 0 spiro atoms. The van der Waals surface area contributed by atoms with Crippen molar-refractivity contribution in [2.75, 3.05) is 0 Å². The summed E-state index contributed by atoms with van der Waals surface area (Å²) in [4.78, 5) is 21.4. The third-order valence-corrected chi connectivity index (χ3v) is 9.25. The number of H-pyrrole nitrogens is 1. The van der Waals surface area contributed by atoms with Gasteiger partial charge in [-0.2, -0.15) is 4.72 Å². The van der Waals surface area contributed by atoms with Crippen molar-refractivity contribution in [2.24, 2.45) is 5.92 Å². The van der Waals surface area contributed by atoms with Crippen molar-refractivity contribution in [1.82, 2.24) is 20.0 Å². The first-order valence-electron chi connectivity index (χ1n) is 13.3. The molecule has 9 heteroatoms. The van der Waals surface area contributed by atoms with Crippen molar-refractivity contribution in [3.05, 3.63) is 96.2 Å². The highest BCUT2D eigenvalue weighted by Crippen LogP contribution is 2.35. The number of nitrogens with zero attached hydrogens (tertiary/aromatic N) is 1. The van der Waals surface area contributed by atoms with Gasteiger partial charge in [0, 0.05) is 29.7 Å². The minimum Gasteiger partial charge on any atom is -0.361 e. The van der Waals surface area contributed by atoms with Gasteiger partial charge in [-0.1, -0.05) is 55.7 Å². The van der Waals surface area contributed by atoms with Gasteiger partial charge in [-0.15, -0.1) is 0 Å². The smallest absolute Gasteiger partial charge is 0.244 e. The number of rotatable bonds is 9. The number of hydrogen-bond donors (Lipinski definition) is 3. The third kappa shape index (κ3) is 5.89. The number of pyridine rings is 1. The minimum atomic E-state index is -4.39. The third-order valence-electron chi connectivity index (χ3n) is 7.62. The van der Waals surface area contributed by atoms with Crippen LogP contribution in [-0.4, -0.2) is 29.8 Å². The summed E-state index contributed by atoms with van der Waals surface area (Å²) in [6, 6.07) is 18.0. The van der Waals surface area contributed by atoms with Gasteiger partial charge >= 0.3 is 0 Å². The van der Waals surface area contributed by atoms with Gasteiger partial charge in [0.25, 0.3) is 0 Å². The lowest BCUT2D eigenvalue weighted by atomic mass is 9.82. The van der Waals surface area contributed by atoms with E-state index >= 15 is 0 Å². The maximum Gasteiger partial charge on any atom is 0.244 e. The molecule has 2 atom stereocenters. The number of aromatic nitrogens is 2. The highest BCUT2D eigenvalue weighted by atomic mass is 32.2. The summed E-state index contributed by atoms with van der Waals surface area (Å²) in [6.07, 6.45) is 8.71. The Morgan fingerprint density at radius 3 is 2.51 bits per heavy atom. The molecule has 39 heavy (non-hydrogen) atoms. The van der Waals surface area contributed by atoms with Crippen LogP contribution in [0.4, 0.5) is 4.39 Å². The van der Waals surface area contributed by atoms with E-state index in [0.29, 0.717) is 0 Å². The quantitative estimate of drug-likeness (QED) is 0.260. The molecule has 1 saturated carbocycles. The highest BCUT2D eigenvalue weighted by molar-refractivity contribution is 7.89. The lowest BCUT2D eigenvalue weighted by Crippen LogP contribution is -2.59. The second kappa shape index (κ2) is 11.3. The minimum absolute atomic E-state index is 0.0517. The predicted molar refractivity (Wildman–Crippen MR) is 149 cm³/mol. The van der Waals surface area contributed by atoms with Gasteiger partial charge in [-0.25, -0.2) is 12.8 Å². The zero-order valence-corrected chi connectivity index (χ0v) is 22.7. The molecule has 0 aliphatic heterocycles. The molecule has 0 saturated heterocycles. The van der Waals surface area contributed by atoms with E-state index in [9.17, 15) is 17.6 Å². The number of nitrogens with one attached hydrogen (secondary N) is 3. The molecule has 2 aromatic carbocycles. The number of fused-ring (bicyclic) bond motifs is 1. The first-order chi connectivity index (χ1) is 18.8. The van der Waals surface area contributed by atoms with Gasteiger partial charge in [0.05, 0.1) is 11.7 Å². The SMILES string of the molecule is CC(Cc1c[nH]c2ccccc12)(NS(=O)(=O)c1ccccc1F)C(=O)NC(c1ccccn1)C1CCCCC1. The summed E-state index contributed by atoms with van der Waals surface area (Å²) in [7, 11) is -4.39. The predicted octanol–water partition coefficient (Wildman–Crippen LogP) is 5.42. The topological polar surface area (TPSA) is 104 Å². The lowest BCUT2D eigenvalue weighted by molar-refractivity contribution is -0.127. The van der Waals surface area contributed by atoms with Crippen molar-refractivity contribution in [1.29, 1.82) is 0 Å². The van der Waals surface area contributed by atoms with Gasteiger partial charge < -0.3 is 10.3 Å². The average molecular weight is 549 g/mol. The number of carbonyl (C=O) groups is 1. The maximum atomic E-state index is 14.6. The Balaban J connectivity index is 1.52. The summed E-state index contributed by atoms with van der Waals surface area (Å²) < 4.78 is 44.1. The second-order valence-electron chi connectivity index (χ2n) is 10.5.